The molecular weight excluding hydrogens is 479 g/mol. The van der Waals surface area contributed by atoms with Gasteiger partial charge >= 0.3 is 0 Å². The van der Waals surface area contributed by atoms with Crippen molar-refractivity contribution in [2.45, 2.75) is 19.4 Å². The van der Waals surface area contributed by atoms with E-state index in [2.05, 4.69) is 61.4 Å². The van der Waals surface area contributed by atoms with Crippen LogP contribution in [0.1, 0.15) is 17.8 Å². The van der Waals surface area contributed by atoms with E-state index in [9.17, 15) is 0 Å². The van der Waals surface area contributed by atoms with Gasteiger partial charge in [0.05, 0.1) is 0 Å². The Bertz CT molecular complexity index is 691. The van der Waals surface area contributed by atoms with Gasteiger partial charge in [0.25, 0.3) is 0 Å². The highest BCUT2D eigenvalue weighted by molar-refractivity contribution is 14.0. The van der Waals surface area contributed by atoms with E-state index in [4.69, 9.17) is 4.74 Å². The molecule has 0 amide bonds. The zero-order valence-electron chi connectivity index (χ0n) is 17.8. The van der Waals surface area contributed by atoms with Crippen molar-refractivity contribution in [1.29, 1.82) is 0 Å². The van der Waals surface area contributed by atoms with Gasteiger partial charge in [-0.3, -0.25) is 4.99 Å². The highest BCUT2D eigenvalue weighted by Gasteiger charge is 2.05. The van der Waals surface area contributed by atoms with E-state index in [0.29, 0.717) is 0 Å². The van der Waals surface area contributed by atoms with Crippen LogP contribution in [0, 0.1) is 0 Å². The number of aliphatic imine (C=N–C) groups is 1. The van der Waals surface area contributed by atoms with Crippen molar-refractivity contribution in [3.05, 3.63) is 54.1 Å². The molecule has 2 aromatic rings. The zero-order chi connectivity index (χ0) is 20.0. The number of guanidine groups is 1. The number of rotatable bonds is 12. The number of hydrogen-bond donors (Lipinski definition) is 2. The monoisotopic (exact) mass is 514 g/mol. The standard InChI is InChI=1S/C21H34N6O.HI/c1-22-21(25-12-15-26(2)14-7-17-28-3)24-11-10-20-23-13-16-27(20)18-19-8-5-4-6-9-19;/h4-6,8-9,13,16H,7,10-12,14-15,17-18H2,1-3H3,(H2,22,24,25);1H. The first-order chi connectivity index (χ1) is 13.7. The summed E-state index contributed by atoms with van der Waals surface area (Å²) in [6.45, 7) is 5.29. The molecular formula is C21H35IN6O. The molecule has 2 rings (SSSR count). The van der Waals surface area contributed by atoms with Crippen molar-refractivity contribution in [3.63, 3.8) is 0 Å². The lowest BCUT2D eigenvalue weighted by atomic mass is 10.2. The number of halogens is 1. The first-order valence-electron chi connectivity index (χ1n) is 9.89. The molecule has 1 aromatic heterocycles. The Morgan fingerprint density at radius 1 is 1.17 bits per heavy atom. The Morgan fingerprint density at radius 2 is 1.93 bits per heavy atom. The number of nitrogens with one attached hydrogen (secondary N) is 2. The molecule has 1 heterocycles. The van der Waals surface area contributed by atoms with Crippen LogP contribution < -0.4 is 10.6 Å². The number of imidazole rings is 1. The number of methoxy groups -OCH3 is 1. The van der Waals surface area contributed by atoms with Crippen LogP contribution in [0.15, 0.2) is 47.7 Å². The molecule has 2 N–H and O–H groups in total. The average Bonchev–Trinajstić information content (AvgIpc) is 3.14. The molecule has 0 saturated heterocycles. The summed E-state index contributed by atoms with van der Waals surface area (Å²) < 4.78 is 7.29. The molecule has 29 heavy (non-hydrogen) atoms. The lowest BCUT2D eigenvalue weighted by Gasteiger charge is -2.18. The zero-order valence-corrected chi connectivity index (χ0v) is 20.1. The molecule has 0 atom stereocenters. The molecule has 0 aliphatic heterocycles. The lowest BCUT2D eigenvalue weighted by Crippen LogP contribution is -2.41. The molecule has 0 radical (unpaired) electrons. The number of likely N-dealkylation sites (N-methyl/N-ethyl adjacent to an activating group) is 1. The van der Waals surface area contributed by atoms with Gasteiger partial charge in [0.15, 0.2) is 5.96 Å². The Balaban J connectivity index is 0.00000420. The molecule has 0 aliphatic rings. The van der Waals surface area contributed by atoms with Gasteiger partial charge in [-0.05, 0) is 19.0 Å². The number of nitrogens with zero attached hydrogens (tertiary/aromatic N) is 4. The average molecular weight is 514 g/mol. The number of aromatic nitrogens is 2. The summed E-state index contributed by atoms with van der Waals surface area (Å²) in [6.07, 6.45) is 5.80. The van der Waals surface area contributed by atoms with Crippen LogP contribution in [-0.4, -0.2) is 74.4 Å². The molecule has 7 nitrogen and oxygen atoms in total. The van der Waals surface area contributed by atoms with Crippen LogP contribution in [0.3, 0.4) is 0 Å². The lowest BCUT2D eigenvalue weighted by molar-refractivity contribution is 0.180. The quantitative estimate of drug-likeness (QED) is 0.197. The van der Waals surface area contributed by atoms with Gasteiger partial charge in [-0.25, -0.2) is 4.98 Å². The van der Waals surface area contributed by atoms with Gasteiger partial charge in [0.2, 0.25) is 0 Å². The third-order valence-electron chi connectivity index (χ3n) is 4.54. The Labute approximate surface area is 192 Å². The van der Waals surface area contributed by atoms with E-state index >= 15 is 0 Å². The molecule has 0 spiro atoms. The van der Waals surface area contributed by atoms with E-state index < -0.39 is 0 Å². The Hall–Kier alpha value is -1.65. The fraction of sp³-hybridized carbons (Fsp3) is 0.524. The van der Waals surface area contributed by atoms with Crippen molar-refractivity contribution >= 4 is 29.9 Å². The third-order valence-corrected chi connectivity index (χ3v) is 4.54. The van der Waals surface area contributed by atoms with E-state index in [1.54, 1.807) is 14.2 Å². The predicted molar refractivity (Wildman–Crippen MR) is 130 cm³/mol. The van der Waals surface area contributed by atoms with Crippen molar-refractivity contribution < 1.29 is 4.74 Å². The fourth-order valence-corrected chi connectivity index (χ4v) is 2.96. The van der Waals surface area contributed by atoms with Gasteiger partial charge in [-0.15, -0.1) is 24.0 Å². The van der Waals surface area contributed by atoms with E-state index in [-0.39, 0.29) is 24.0 Å². The number of hydrogen-bond acceptors (Lipinski definition) is 4. The van der Waals surface area contributed by atoms with E-state index in [1.165, 1.54) is 5.56 Å². The van der Waals surface area contributed by atoms with Crippen LogP contribution in [0.4, 0.5) is 0 Å². The summed E-state index contributed by atoms with van der Waals surface area (Å²) in [7, 11) is 5.67. The maximum Gasteiger partial charge on any atom is 0.191 e. The topological polar surface area (TPSA) is 66.7 Å². The normalized spacial score (nSPS) is 11.4. The maximum absolute atomic E-state index is 5.09. The predicted octanol–water partition coefficient (Wildman–Crippen LogP) is 2.23. The largest absolute Gasteiger partial charge is 0.385 e. The van der Waals surface area contributed by atoms with Crippen LogP contribution in [0.5, 0.6) is 0 Å². The van der Waals surface area contributed by atoms with Gasteiger partial charge < -0.3 is 24.8 Å². The van der Waals surface area contributed by atoms with Crippen LogP contribution in [0.2, 0.25) is 0 Å². The minimum Gasteiger partial charge on any atom is -0.385 e. The van der Waals surface area contributed by atoms with Crippen molar-refractivity contribution in [2.75, 3.05) is 54.0 Å². The minimum atomic E-state index is 0. The molecule has 0 unspecified atom stereocenters. The highest BCUT2D eigenvalue weighted by Crippen LogP contribution is 2.05. The van der Waals surface area contributed by atoms with Gasteiger partial charge in [0, 0.05) is 72.3 Å². The second kappa shape index (κ2) is 15.2. The van der Waals surface area contributed by atoms with E-state index in [0.717, 1.165) is 64.0 Å². The summed E-state index contributed by atoms with van der Waals surface area (Å²) in [4.78, 5) is 11.1. The first-order valence-corrected chi connectivity index (χ1v) is 9.89. The van der Waals surface area contributed by atoms with Gasteiger partial charge in [0.1, 0.15) is 5.82 Å². The van der Waals surface area contributed by atoms with Crippen molar-refractivity contribution in [3.8, 4) is 0 Å². The molecule has 0 bridgehead atoms. The number of benzene rings is 1. The maximum atomic E-state index is 5.09. The van der Waals surface area contributed by atoms with Crippen LogP contribution in [-0.2, 0) is 17.7 Å². The van der Waals surface area contributed by atoms with E-state index in [1.807, 2.05) is 18.5 Å². The first kappa shape index (κ1) is 25.4. The smallest absolute Gasteiger partial charge is 0.191 e. The number of ether oxygens (including phenoxy) is 1. The highest BCUT2D eigenvalue weighted by atomic mass is 127. The molecule has 8 heteroatoms. The fourth-order valence-electron chi connectivity index (χ4n) is 2.96. The summed E-state index contributed by atoms with van der Waals surface area (Å²) in [5, 5.41) is 6.74. The summed E-state index contributed by atoms with van der Waals surface area (Å²) >= 11 is 0. The SMILES string of the molecule is CN=C(NCCc1nccn1Cc1ccccc1)NCCN(C)CCCOC.I. The Kier molecular flexibility index (Phi) is 13.3. The molecule has 0 aliphatic carbocycles. The summed E-state index contributed by atoms with van der Waals surface area (Å²) in [5.74, 6) is 1.90. The summed E-state index contributed by atoms with van der Waals surface area (Å²) in [5.41, 5.74) is 1.28. The van der Waals surface area contributed by atoms with Crippen LogP contribution >= 0.6 is 24.0 Å². The molecule has 0 fully saturated rings. The Morgan fingerprint density at radius 3 is 2.66 bits per heavy atom. The molecule has 0 saturated carbocycles. The van der Waals surface area contributed by atoms with Crippen molar-refractivity contribution in [1.82, 2.24) is 25.1 Å². The van der Waals surface area contributed by atoms with Gasteiger partial charge in [-0.2, -0.15) is 0 Å². The van der Waals surface area contributed by atoms with Crippen molar-refractivity contribution in [2.24, 2.45) is 4.99 Å². The molecule has 1 aromatic carbocycles. The molecule has 162 valence electrons. The third kappa shape index (κ3) is 10.1. The van der Waals surface area contributed by atoms with Gasteiger partial charge in [-0.1, -0.05) is 30.3 Å². The second-order valence-electron chi connectivity index (χ2n) is 6.78. The minimum absolute atomic E-state index is 0. The summed E-state index contributed by atoms with van der Waals surface area (Å²) in [6, 6.07) is 10.5. The van der Waals surface area contributed by atoms with Crippen LogP contribution in [0.25, 0.3) is 0 Å². The second-order valence-corrected chi connectivity index (χ2v) is 6.78.